The first-order valence-corrected chi connectivity index (χ1v) is 14.6. The summed E-state index contributed by atoms with van der Waals surface area (Å²) in [6.07, 6.45) is 9.49. The summed E-state index contributed by atoms with van der Waals surface area (Å²) in [6.45, 7) is 17.1. The summed E-state index contributed by atoms with van der Waals surface area (Å²) < 4.78 is 6.80. The number of likely N-dealkylation sites (tertiary alicyclic amines) is 1. The van der Waals surface area contributed by atoms with Crippen LogP contribution in [0.2, 0.25) is 0 Å². The van der Waals surface area contributed by atoms with Crippen molar-refractivity contribution in [2.75, 3.05) is 40.8 Å². The second kappa shape index (κ2) is 10.9. The first kappa shape index (κ1) is 27.8. The Morgan fingerprint density at radius 1 is 0.857 bits per heavy atom. The van der Waals surface area contributed by atoms with E-state index in [0.717, 1.165) is 19.0 Å². The molecule has 4 aliphatic rings. The fourth-order valence-electron chi connectivity index (χ4n) is 7.63. The lowest BCUT2D eigenvalue weighted by Gasteiger charge is -2.58. The van der Waals surface area contributed by atoms with E-state index in [9.17, 15) is 0 Å². The van der Waals surface area contributed by atoms with Crippen molar-refractivity contribution in [2.24, 2.45) is 5.92 Å². The Kier molecular flexibility index (Phi) is 8.62. The molecule has 2 aliphatic heterocycles. The van der Waals surface area contributed by atoms with E-state index in [2.05, 4.69) is 88.0 Å². The largest absolute Gasteiger partial charge is 0.371 e. The first-order valence-electron chi connectivity index (χ1n) is 14.6. The molecule has 0 aromatic rings. The molecule has 2 saturated heterocycles. The van der Waals surface area contributed by atoms with Gasteiger partial charge in [-0.15, -0.1) is 0 Å². The summed E-state index contributed by atoms with van der Waals surface area (Å²) in [6, 6.07) is 3.79. The van der Waals surface area contributed by atoms with Gasteiger partial charge in [-0.3, -0.25) is 14.7 Å². The second-order valence-corrected chi connectivity index (χ2v) is 14.4. The molecule has 6 heteroatoms. The maximum Gasteiger partial charge on any atom is 0.0740 e. The molecule has 0 bridgehead atoms. The van der Waals surface area contributed by atoms with Gasteiger partial charge in [0.15, 0.2) is 0 Å². The predicted molar refractivity (Wildman–Crippen MR) is 147 cm³/mol. The van der Waals surface area contributed by atoms with Gasteiger partial charge in [-0.25, -0.2) is 0 Å². The topological polar surface area (TPSA) is 43.0 Å². The van der Waals surface area contributed by atoms with Crippen molar-refractivity contribution in [3.05, 3.63) is 0 Å². The van der Waals surface area contributed by atoms with Crippen molar-refractivity contribution < 1.29 is 4.74 Å². The van der Waals surface area contributed by atoms with Crippen LogP contribution >= 0.6 is 0 Å². The lowest BCUT2D eigenvalue weighted by Crippen LogP contribution is -2.71. The van der Waals surface area contributed by atoms with E-state index >= 15 is 0 Å². The van der Waals surface area contributed by atoms with Gasteiger partial charge in [-0.05, 0) is 101 Å². The third kappa shape index (κ3) is 6.61. The molecule has 6 nitrogen and oxygen atoms in total. The summed E-state index contributed by atoms with van der Waals surface area (Å²) in [5.41, 5.74) is 0.0773. The average molecular weight is 492 g/mol. The fraction of sp³-hybridized carbons (Fsp3) is 1.00. The van der Waals surface area contributed by atoms with Gasteiger partial charge in [0.1, 0.15) is 0 Å². The van der Waals surface area contributed by atoms with Gasteiger partial charge in [-0.2, -0.15) is 0 Å². The zero-order chi connectivity index (χ0) is 25.5. The Labute approximate surface area is 216 Å². The number of likely N-dealkylation sites (N-methyl/N-ethyl adjacent to an activating group) is 3. The molecule has 0 amide bonds. The first-order chi connectivity index (χ1) is 16.3. The van der Waals surface area contributed by atoms with Crippen molar-refractivity contribution in [3.63, 3.8) is 0 Å². The minimum atomic E-state index is -0.0981. The van der Waals surface area contributed by atoms with E-state index in [1.165, 1.54) is 51.5 Å². The number of hydrogen-bond donors (Lipinski definition) is 2. The van der Waals surface area contributed by atoms with E-state index in [1.54, 1.807) is 0 Å². The molecule has 2 saturated carbocycles. The zero-order valence-corrected chi connectivity index (χ0v) is 24.4. The van der Waals surface area contributed by atoms with Crippen molar-refractivity contribution in [1.29, 1.82) is 0 Å². The maximum atomic E-state index is 6.80. The molecule has 3 unspecified atom stereocenters. The quantitative estimate of drug-likeness (QED) is 0.568. The highest BCUT2D eigenvalue weighted by atomic mass is 16.5. The minimum Gasteiger partial charge on any atom is -0.371 e. The van der Waals surface area contributed by atoms with Crippen molar-refractivity contribution in [3.8, 4) is 0 Å². The van der Waals surface area contributed by atoms with Crippen LogP contribution < -0.4 is 10.6 Å². The molecular weight excluding hydrogens is 434 g/mol. The Morgan fingerprint density at radius 2 is 1.54 bits per heavy atom. The summed E-state index contributed by atoms with van der Waals surface area (Å²) in [5.74, 6) is 0.718. The predicted octanol–water partition coefficient (Wildman–Crippen LogP) is 3.56. The molecule has 0 spiro atoms. The van der Waals surface area contributed by atoms with Crippen LogP contribution in [-0.2, 0) is 4.74 Å². The van der Waals surface area contributed by atoms with Crippen LogP contribution in [0.5, 0.6) is 0 Å². The summed E-state index contributed by atoms with van der Waals surface area (Å²) >= 11 is 0. The normalized spacial score (nSPS) is 38.0. The highest BCUT2D eigenvalue weighted by molar-refractivity contribution is 5.06. The third-order valence-corrected chi connectivity index (χ3v) is 9.42. The minimum absolute atomic E-state index is 0.0981. The van der Waals surface area contributed by atoms with E-state index in [-0.39, 0.29) is 11.1 Å². The maximum absolute atomic E-state index is 6.80. The van der Waals surface area contributed by atoms with Gasteiger partial charge in [0.2, 0.25) is 0 Å². The van der Waals surface area contributed by atoms with Gasteiger partial charge < -0.3 is 15.4 Å². The zero-order valence-electron chi connectivity index (χ0n) is 24.4. The Bertz CT molecular complexity index is 684. The number of nitrogens with one attached hydrogen (secondary N) is 2. The van der Waals surface area contributed by atoms with Gasteiger partial charge in [-0.1, -0.05) is 12.8 Å². The van der Waals surface area contributed by atoms with E-state index in [0.29, 0.717) is 42.4 Å². The van der Waals surface area contributed by atoms with Crippen molar-refractivity contribution in [1.82, 2.24) is 25.3 Å². The molecule has 35 heavy (non-hydrogen) atoms. The Balaban J connectivity index is 1.45. The molecule has 7 atom stereocenters. The van der Waals surface area contributed by atoms with E-state index in [4.69, 9.17) is 4.74 Å². The SMILES string of the molecule is CN1CC(N(C)[C@H]2CCCC[C@@H]2NC(C)(C)C)C1C1CC[C@H](N(C)C2CNC2)[C@@H](OC(C)(C)C)C1. The van der Waals surface area contributed by atoms with Crippen LogP contribution in [0.3, 0.4) is 0 Å². The standard InChI is InChI=1S/C29H57N5O/c1-28(2,3)31-22-12-10-11-13-23(22)34(9)25-19-32(7)27(25)20-14-15-24(33(8)21-17-30-18-21)26(16-20)35-29(4,5)6/h20-27,30-31H,10-19H2,1-9H3/t20?,22-,23-,24-,25?,26-,27?/m0/s1. The molecule has 4 rings (SSSR count). The molecule has 0 aromatic heterocycles. The molecule has 204 valence electrons. The molecule has 2 aliphatic carbocycles. The van der Waals surface area contributed by atoms with Gasteiger partial charge in [0.05, 0.1) is 11.7 Å². The molecule has 2 heterocycles. The van der Waals surface area contributed by atoms with Crippen LogP contribution in [0.15, 0.2) is 0 Å². The molecular formula is C29H57N5O. The van der Waals surface area contributed by atoms with Gasteiger partial charge >= 0.3 is 0 Å². The summed E-state index contributed by atoms with van der Waals surface area (Å²) in [4.78, 5) is 8.09. The number of nitrogens with zero attached hydrogens (tertiary/aromatic N) is 3. The van der Waals surface area contributed by atoms with Crippen LogP contribution in [0.25, 0.3) is 0 Å². The Hall–Kier alpha value is -0.240. The molecule has 2 N–H and O–H groups in total. The van der Waals surface area contributed by atoms with Crippen molar-refractivity contribution >= 4 is 0 Å². The Morgan fingerprint density at radius 3 is 2.11 bits per heavy atom. The average Bonchev–Trinajstić information content (AvgIpc) is 2.68. The second-order valence-electron chi connectivity index (χ2n) is 14.4. The molecule has 0 aromatic carbocycles. The van der Waals surface area contributed by atoms with Gasteiger partial charge in [0, 0.05) is 61.4 Å². The highest BCUT2D eigenvalue weighted by Crippen LogP contribution is 2.41. The highest BCUT2D eigenvalue weighted by Gasteiger charge is 2.50. The van der Waals surface area contributed by atoms with Crippen LogP contribution in [0.1, 0.15) is 86.5 Å². The van der Waals surface area contributed by atoms with E-state index < -0.39 is 0 Å². The smallest absolute Gasteiger partial charge is 0.0740 e. The summed E-state index contributed by atoms with van der Waals surface area (Å²) in [5, 5.41) is 7.45. The number of rotatable bonds is 7. The molecule has 4 fully saturated rings. The number of hydrogen-bond acceptors (Lipinski definition) is 6. The van der Waals surface area contributed by atoms with E-state index in [1.807, 2.05) is 0 Å². The number of ether oxygens (including phenoxy) is 1. The van der Waals surface area contributed by atoms with Crippen LogP contribution in [-0.4, -0.2) is 109 Å². The van der Waals surface area contributed by atoms with Crippen molar-refractivity contribution in [2.45, 2.75) is 140 Å². The lowest BCUT2D eigenvalue weighted by atomic mass is 9.72. The lowest BCUT2D eigenvalue weighted by molar-refractivity contribution is -0.141. The third-order valence-electron chi connectivity index (χ3n) is 9.42. The van der Waals surface area contributed by atoms with Gasteiger partial charge in [0.25, 0.3) is 0 Å². The van der Waals surface area contributed by atoms with Crippen LogP contribution in [0, 0.1) is 5.92 Å². The summed E-state index contributed by atoms with van der Waals surface area (Å²) in [7, 11) is 7.13. The fourth-order valence-corrected chi connectivity index (χ4v) is 7.63. The monoisotopic (exact) mass is 491 g/mol. The molecule has 0 radical (unpaired) electrons. The van der Waals surface area contributed by atoms with Crippen LogP contribution in [0.4, 0.5) is 0 Å².